The Bertz CT molecular complexity index is 377. The highest BCUT2D eigenvalue weighted by Gasteiger charge is 2.15. The maximum absolute atomic E-state index is 11.8. The summed E-state index contributed by atoms with van der Waals surface area (Å²) in [6, 6.07) is -0.226. The van der Waals surface area contributed by atoms with Crippen molar-refractivity contribution in [3.8, 4) is 0 Å². The highest BCUT2D eigenvalue weighted by Crippen LogP contribution is 2.14. The first-order valence-corrected chi connectivity index (χ1v) is 7.18. The Hall–Kier alpha value is -1.36. The van der Waals surface area contributed by atoms with E-state index < -0.39 is 0 Å². The number of nitrogens with one attached hydrogen (secondary N) is 1. The topological polar surface area (TPSA) is 81.2 Å². The van der Waals surface area contributed by atoms with E-state index in [4.69, 9.17) is 10.2 Å². The SMILES string of the molecule is CCCCCCNC(=O)c1coc(C(N)CCC)n1. The number of rotatable bonds is 9. The van der Waals surface area contributed by atoms with Crippen LogP contribution in [0.15, 0.2) is 10.7 Å². The number of nitrogens with zero attached hydrogens (tertiary/aromatic N) is 1. The fourth-order valence-electron chi connectivity index (χ4n) is 1.84. The van der Waals surface area contributed by atoms with Gasteiger partial charge < -0.3 is 15.5 Å². The van der Waals surface area contributed by atoms with Crippen LogP contribution >= 0.6 is 0 Å². The molecule has 0 aliphatic heterocycles. The van der Waals surface area contributed by atoms with Crippen molar-refractivity contribution in [2.45, 2.75) is 58.4 Å². The van der Waals surface area contributed by atoms with E-state index in [2.05, 4.69) is 17.2 Å². The summed E-state index contributed by atoms with van der Waals surface area (Å²) in [5.41, 5.74) is 6.20. The van der Waals surface area contributed by atoms with E-state index in [9.17, 15) is 4.79 Å². The van der Waals surface area contributed by atoms with Crippen LogP contribution in [0, 0.1) is 0 Å². The first kappa shape index (κ1) is 15.7. The van der Waals surface area contributed by atoms with Crippen LogP contribution in [0.2, 0.25) is 0 Å². The molecule has 108 valence electrons. The Morgan fingerprint density at radius 3 is 2.84 bits per heavy atom. The molecule has 0 saturated carbocycles. The summed E-state index contributed by atoms with van der Waals surface area (Å²) in [4.78, 5) is 15.9. The van der Waals surface area contributed by atoms with Gasteiger partial charge in [-0.25, -0.2) is 4.98 Å². The third kappa shape index (κ3) is 5.42. The molecule has 5 heteroatoms. The second-order valence-corrected chi connectivity index (χ2v) is 4.78. The van der Waals surface area contributed by atoms with Gasteiger partial charge in [-0.05, 0) is 12.8 Å². The van der Waals surface area contributed by atoms with Crippen molar-refractivity contribution >= 4 is 5.91 Å². The van der Waals surface area contributed by atoms with Gasteiger partial charge >= 0.3 is 0 Å². The minimum atomic E-state index is -0.226. The van der Waals surface area contributed by atoms with Crippen LogP contribution in [-0.2, 0) is 0 Å². The van der Waals surface area contributed by atoms with Gasteiger partial charge in [-0.15, -0.1) is 0 Å². The molecule has 0 aliphatic rings. The van der Waals surface area contributed by atoms with E-state index >= 15 is 0 Å². The maximum Gasteiger partial charge on any atom is 0.273 e. The molecule has 1 aromatic rings. The summed E-state index contributed by atoms with van der Waals surface area (Å²) in [7, 11) is 0. The van der Waals surface area contributed by atoms with Crippen LogP contribution in [0.25, 0.3) is 0 Å². The van der Waals surface area contributed by atoms with Crippen molar-refractivity contribution in [1.82, 2.24) is 10.3 Å². The molecule has 1 atom stereocenters. The third-order valence-corrected chi connectivity index (χ3v) is 2.99. The second kappa shape index (κ2) is 8.69. The Morgan fingerprint density at radius 1 is 1.37 bits per heavy atom. The first-order chi connectivity index (χ1) is 9.19. The molecule has 5 nitrogen and oxygen atoms in total. The summed E-state index contributed by atoms with van der Waals surface area (Å²) in [6.45, 7) is 4.89. The lowest BCUT2D eigenvalue weighted by Crippen LogP contribution is -2.25. The minimum absolute atomic E-state index is 0.185. The number of oxazole rings is 1. The van der Waals surface area contributed by atoms with Crippen molar-refractivity contribution in [1.29, 1.82) is 0 Å². The molecular weight excluding hydrogens is 242 g/mol. The zero-order chi connectivity index (χ0) is 14.1. The number of hydrogen-bond donors (Lipinski definition) is 2. The molecule has 0 aromatic carbocycles. The van der Waals surface area contributed by atoms with Gasteiger partial charge in [-0.2, -0.15) is 0 Å². The maximum atomic E-state index is 11.8. The van der Waals surface area contributed by atoms with Crippen molar-refractivity contribution in [2.75, 3.05) is 6.54 Å². The van der Waals surface area contributed by atoms with Crippen molar-refractivity contribution < 1.29 is 9.21 Å². The van der Waals surface area contributed by atoms with Gasteiger partial charge in [0.1, 0.15) is 6.26 Å². The molecule has 0 fully saturated rings. The Labute approximate surface area is 115 Å². The number of nitrogens with two attached hydrogens (primary N) is 1. The molecule has 0 aliphatic carbocycles. The average molecular weight is 267 g/mol. The molecule has 0 radical (unpaired) electrons. The fourth-order valence-corrected chi connectivity index (χ4v) is 1.84. The molecule has 3 N–H and O–H groups in total. The predicted molar refractivity (Wildman–Crippen MR) is 74.8 cm³/mol. The van der Waals surface area contributed by atoms with Gasteiger partial charge in [-0.1, -0.05) is 39.5 Å². The lowest BCUT2D eigenvalue weighted by atomic mass is 10.2. The van der Waals surface area contributed by atoms with Crippen LogP contribution in [0.1, 0.15) is 74.8 Å². The van der Waals surface area contributed by atoms with Crippen molar-refractivity contribution in [3.05, 3.63) is 17.8 Å². The van der Waals surface area contributed by atoms with Crippen LogP contribution in [0.5, 0.6) is 0 Å². The van der Waals surface area contributed by atoms with E-state index in [-0.39, 0.29) is 11.9 Å². The Kier molecular flexibility index (Phi) is 7.18. The van der Waals surface area contributed by atoms with E-state index in [1.807, 2.05) is 6.92 Å². The number of carbonyl (C=O) groups is 1. The van der Waals surface area contributed by atoms with E-state index in [1.165, 1.54) is 19.1 Å². The number of hydrogen-bond acceptors (Lipinski definition) is 4. The van der Waals surface area contributed by atoms with Gasteiger partial charge in [0.15, 0.2) is 5.69 Å². The lowest BCUT2D eigenvalue weighted by molar-refractivity contribution is 0.0948. The van der Waals surface area contributed by atoms with Crippen LogP contribution in [0.4, 0.5) is 0 Å². The molecule has 1 aromatic heterocycles. The third-order valence-electron chi connectivity index (χ3n) is 2.99. The van der Waals surface area contributed by atoms with E-state index in [0.717, 1.165) is 25.7 Å². The number of amides is 1. The molecule has 1 unspecified atom stereocenters. The molecule has 0 spiro atoms. The minimum Gasteiger partial charge on any atom is -0.446 e. The Morgan fingerprint density at radius 2 is 2.16 bits per heavy atom. The summed E-state index contributed by atoms with van der Waals surface area (Å²) >= 11 is 0. The summed E-state index contributed by atoms with van der Waals surface area (Å²) in [5.74, 6) is 0.258. The number of aromatic nitrogens is 1. The molecule has 0 bridgehead atoms. The van der Waals surface area contributed by atoms with Crippen LogP contribution < -0.4 is 11.1 Å². The van der Waals surface area contributed by atoms with Crippen LogP contribution in [-0.4, -0.2) is 17.4 Å². The monoisotopic (exact) mass is 267 g/mol. The summed E-state index contributed by atoms with van der Waals surface area (Å²) in [6.07, 6.45) is 7.68. The summed E-state index contributed by atoms with van der Waals surface area (Å²) < 4.78 is 5.25. The van der Waals surface area contributed by atoms with Gasteiger partial charge in [0.2, 0.25) is 5.89 Å². The van der Waals surface area contributed by atoms with Crippen molar-refractivity contribution in [2.24, 2.45) is 5.73 Å². The van der Waals surface area contributed by atoms with E-state index in [1.54, 1.807) is 0 Å². The van der Waals surface area contributed by atoms with E-state index in [0.29, 0.717) is 18.1 Å². The highest BCUT2D eigenvalue weighted by atomic mass is 16.3. The van der Waals surface area contributed by atoms with Crippen LogP contribution in [0.3, 0.4) is 0 Å². The Balaban J connectivity index is 2.36. The molecule has 0 saturated heterocycles. The molecule has 19 heavy (non-hydrogen) atoms. The lowest BCUT2D eigenvalue weighted by Gasteiger charge is -2.04. The normalized spacial score (nSPS) is 12.4. The smallest absolute Gasteiger partial charge is 0.273 e. The largest absolute Gasteiger partial charge is 0.446 e. The zero-order valence-electron chi connectivity index (χ0n) is 11.9. The number of unbranched alkanes of at least 4 members (excludes halogenated alkanes) is 3. The quantitative estimate of drug-likeness (QED) is 0.674. The fraction of sp³-hybridized carbons (Fsp3) is 0.714. The highest BCUT2D eigenvalue weighted by molar-refractivity contribution is 5.91. The number of carbonyl (C=O) groups excluding carboxylic acids is 1. The van der Waals surface area contributed by atoms with Gasteiger partial charge in [0.05, 0.1) is 6.04 Å². The summed E-state index contributed by atoms with van der Waals surface area (Å²) in [5, 5.41) is 2.84. The van der Waals surface area contributed by atoms with Gasteiger partial charge in [-0.3, -0.25) is 4.79 Å². The molecular formula is C14H25N3O2. The molecule has 1 amide bonds. The standard InChI is InChI=1S/C14H25N3O2/c1-3-5-6-7-9-16-13(18)12-10-19-14(17-12)11(15)8-4-2/h10-11H,3-9,15H2,1-2H3,(H,16,18). The zero-order valence-corrected chi connectivity index (χ0v) is 11.9. The molecule has 1 heterocycles. The predicted octanol–water partition coefficient (Wildman–Crippen LogP) is 2.78. The first-order valence-electron chi connectivity index (χ1n) is 7.18. The molecule has 1 rings (SSSR count). The van der Waals surface area contributed by atoms with Gasteiger partial charge in [0, 0.05) is 6.54 Å². The van der Waals surface area contributed by atoms with Gasteiger partial charge in [0.25, 0.3) is 5.91 Å². The van der Waals surface area contributed by atoms with Crippen molar-refractivity contribution in [3.63, 3.8) is 0 Å². The average Bonchev–Trinajstić information content (AvgIpc) is 2.88. The second-order valence-electron chi connectivity index (χ2n) is 4.78.